The van der Waals surface area contributed by atoms with Crippen molar-refractivity contribution in [2.75, 3.05) is 36.0 Å². The van der Waals surface area contributed by atoms with Crippen molar-refractivity contribution in [1.29, 1.82) is 5.26 Å². The summed E-state index contributed by atoms with van der Waals surface area (Å²) in [6.45, 7) is 5.76. The number of piperazine rings is 1. The van der Waals surface area contributed by atoms with Gasteiger partial charge < -0.3 is 14.8 Å². The molecule has 6 heteroatoms. The molecule has 0 saturated carbocycles. The molecule has 148 valence electrons. The Balaban J connectivity index is 1.27. The number of fused-ring (bicyclic) bond motifs is 1. The first-order valence-corrected chi connectivity index (χ1v) is 10.1. The Kier molecular flexibility index (Phi) is 4.56. The number of rotatable bonds is 3. The Hall–Kier alpha value is -3.85. The van der Waals surface area contributed by atoms with Crippen LogP contribution in [-0.4, -0.2) is 41.1 Å². The molecular weight excluding hydrogens is 372 g/mol. The number of H-pyrrole nitrogens is 1. The van der Waals surface area contributed by atoms with Crippen LogP contribution >= 0.6 is 0 Å². The number of benzene rings is 2. The zero-order valence-corrected chi connectivity index (χ0v) is 16.8. The van der Waals surface area contributed by atoms with Gasteiger partial charge in [0.25, 0.3) is 0 Å². The number of imidazole rings is 1. The number of nitrogens with zero attached hydrogens (tertiary/aromatic N) is 5. The van der Waals surface area contributed by atoms with Crippen molar-refractivity contribution in [1.82, 2.24) is 15.0 Å². The van der Waals surface area contributed by atoms with Gasteiger partial charge in [-0.2, -0.15) is 5.26 Å². The van der Waals surface area contributed by atoms with Gasteiger partial charge in [0.2, 0.25) is 0 Å². The summed E-state index contributed by atoms with van der Waals surface area (Å²) in [7, 11) is 0. The largest absolute Gasteiger partial charge is 0.368 e. The molecule has 2 aromatic heterocycles. The van der Waals surface area contributed by atoms with E-state index in [-0.39, 0.29) is 0 Å². The molecule has 1 N–H and O–H groups in total. The molecule has 0 spiro atoms. The smallest absolute Gasteiger partial charge is 0.140 e. The maximum absolute atomic E-state index is 8.96. The average Bonchev–Trinajstić information content (AvgIpc) is 3.23. The lowest BCUT2D eigenvalue weighted by Crippen LogP contribution is -2.46. The number of anilines is 2. The average molecular weight is 394 g/mol. The van der Waals surface area contributed by atoms with E-state index < -0.39 is 0 Å². The van der Waals surface area contributed by atoms with E-state index in [0.717, 1.165) is 60.1 Å². The third kappa shape index (κ3) is 3.46. The van der Waals surface area contributed by atoms with Gasteiger partial charge >= 0.3 is 0 Å². The molecule has 5 rings (SSSR count). The van der Waals surface area contributed by atoms with E-state index in [1.165, 1.54) is 5.56 Å². The summed E-state index contributed by atoms with van der Waals surface area (Å²) in [4.78, 5) is 17.4. The van der Waals surface area contributed by atoms with E-state index in [1.54, 1.807) is 0 Å². The quantitative estimate of drug-likeness (QED) is 0.566. The topological polar surface area (TPSA) is 71.8 Å². The number of aromatic nitrogens is 3. The minimum Gasteiger partial charge on any atom is -0.368 e. The predicted octanol–water partition coefficient (Wildman–Crippen LogP) is 4.13. The molecule has 1 aliphatic heterocycles. The van der Waals surface area contributed by atoms with Gasteiger partial charge in [-0.15, -0.1) is 0 Å². The number of hydrogen-bond acceptors (Lipinski definition) is 5. The first kappa shape index (κ1) is 18.2. The van der Waals surface area contributed by atoms with Crippen LogP contribution in [0.15, 0.2) is 60.8 Å². The van der Waals surface area contributed by atoms with Gasteiger partial charge in [0.15, 0.2) is 0 Å². The normalized spacial score (nSPS) is 14.1. The summed E-state index contributed by atoms with van der Waals surface area (Å²) in [5.74, 6) is 1.84. The van der Waals surface area contributed by atoms with Crippen LogP contribution in [0.5, 0.6) is 0 Å². The van der Waals surface area contributed by atoms with Gasteiger partial charge in [0, 0.05) is 43.6 Å². The first-order chi connectivity index (χ1) is 14.7. The summed E-state index contributed by atoms with van der Waals surface area (Å²) >= 11 is 0. The Morgan fingerprint density at radius 1 is 0.933 bits per heavy atom. The van der Waals surface area contributed by atoms with Crippen LogP contribution < -0.4 is 9.80 Å². The molecule has 30 heavy (non-hydrogen) atoms. The van der Waals surface area contributed by atoms with E-state index in [2.05, 4.69) is 57.0 Å². The van der Waals surface area contributed by atoms with Crippen LogP contribution in [0.1, 0.15) is 11.1 Å². The van der Waals surface area contributed by atoms with Gasteiger partial charge in [0.1, 0.15) is 11.6 Å². The standard InChI is InChI=1S/C24H22N6/c1-17-2-8-21-22(14-17)28-24(27-21)19-5-9-23(26-16-19)30-12-10-29(11-13-30)20-6-3-18(15-25)4-7-20/h2-9,14,16H,10-13H2,1H3,(H,27,28). The van der Waals surface area contributed by atoms with Crippen LogP contribution in [0.4, 0.5) is 11.5 Å². The molecule has 1 aliphatic rings. The van der Waals surface area contributed by atoms with Gasteiger partial charge in [-0.25, -0.2) is 9.97 Å². The van der Waals surface area contributed by atoms with Crippen LogP contribution in [0.3, 0.4) is 0 Å². The van der Waals surface area contributed by atoms with Gasteiger partial charge in [-0.1, -0.05) is 6.07 Å². The third-order valence-corrected chi connectivity index (χ3v) is 5.62. The molecule has 4 aromatic rings. The molecule has 0 bridgehead atoms. The van der Waals surface area contributed by atoms with E-state index >= 15 is 0 Å². The Morgan fingerprint density at radius 3 is 2.40 bits per heavy atom. The van der Waals surface area contributed by atoms with Crippen molar-refractivity contribution < 1.29 is 0 Å². The molecule has 1 saturated heterocycles. The highest BCUT2D eigenvalue weighted by Crippen LogP contribution is 2.24. The second-order valence-corrected chi connectivity index (χ2v) is 7.64. The molecule has 0 amide bonds. The number of nitrogens with one attached hydrogen (secondary N) is 1. The van der Waals surface area contributed by atoms with E-state index in [0.29, 0.717) is 5.56 Å². The van der Waals surface area contributed by atoms with Crippen LogP contribution in [0, 0.1) is 18.3 Å². The van der Waals surface area contributed by atoms with Crippen LogP contribution in [0.25, 0.3) is 22.4 Å². The first-order valence-electron chi connectivity index (χ1n) is 10.1. The molecule has 0 radical (unpaired) electrons. The highest BCUT2D eigenvalue weighted by atomic mass is 15.3. The minimum atomic E-state index is 0.696. The van der Waals surface area contributed by atoms with Gasteiger partial charge in [0.05, 0.1) is 22.7 Å². The van der Waals surface area contributed by atoms with Crippen molar-refractivity contribution in [2.45, 2.75) is 6.92 Å². The fraction of sp³-hybridized carbons (Fsp3) is 0.208. The van der Waals surface area contributed by atoms with Crippen LogP contribution in [-0.2, 0) is 0 Å². The van der Waals surface area contributed by atoms with E-state index in [9.17, 15) is 0 Å². The lowest BCUT2D eigenvalue weighted by atomic mass is 10.2. The lowest BCUT2D eigenvalue weighted by molar-refractivity contribution is 0.647. The number of nitriles is 1. The van der Waals surface area contributed by atoms with Crippen LogP contribution in [0.2, 0.25) is 0 Å². The number of hydrogen-bond donors (Lipinski definition) is 1. The minimum absolute atomic E-state index is 0.696. The summed E-state index contributed by atoms with van der Waals surface area (Å²) in [6, 6.07) is 20.4. The number of aryl methyl sites for hydroxylation is 1. The fourth-order valence-corrected chi connectivity index (χ4v) is 3.91. The SMILES string of the molecule is Cc1ccc2nc(-c3ccc(N4CCN(c5ccc(C#N)cc5)CC4)nc3)[nH]c2c1. The molecule has 2 aromatic carbocycles. The highest BCUT2D eigenvalue weighted by molar-refractivity contribution is 5.80. The summed E-state index contributed by atoms with van der Waals surface area (Å²) in [6.07, 6.45) is 1.90. The van der Waals surface area contributed by atoms with Gasteiger partial charge in [-0.3, -0.25) is 0 Å². The Bertz CT molecular complexity index is 1210. The molecule has 0 aliphatic carbocycles. The molecule has 0 unspecified atom stereocenters. The maximum atomic E-state index is 8.96. The maximum Gasteiger partial charge on any atom is 0.140 e. The van der Waals surface area contributed by atoms with Crippen molar-refractivity contribution in [3.05, 3.63) is 71.9 Å². The van der Waals surface area contributed by atoms with Crippen molar-refractivity contribution >= 4 is 22.5 Å². The second-order valence-electron chi connectivity index (χ2n) is 7.64. The van der Waals surface area contributed by atoms with Crippen molar-refractivity contribution in [2.24, 2.45) is 0 Å². The van der Waals surface area contributed by atoms with Crippen molar-refractivity contribution in [3.63, 3.8) is 0 Å². The number of aromatic amines is 1. The highest BCUT2D eigenvalue weighted by Gasteiger charge is 2.18. The van der Waals surface area contributed by atoms with Gasteiger partial charge in [-0.05, 0) is 61.0 Å². The second kappa shape index (κ2) is 7.53. The van der Waals surface area contributed by atoms with Crippen molar-refractivity contribution in [3.8, 4) is 17.5 Å². The fourth-order valence-electron chi connectivity index (χ4n) is 3.91. The zero-order chi connectivity index (χ0) is 20.5. The Morgan fingerprint density at radius 2 is 1.70 bits per heavy atom. The van der Waals surface area contributed by atoms with E-state index in [1.807, 2.05) is 36.5 Å². The molecule has 1 fully saturated rings. The predicted molar refractivity (Wildman–Crippen MR) is 120 cm³/mol. The molecule has 0 atom stereocenters. The summed E-state index contributed by atoms with van der Waals surface area (Å²) < 4.78 is 0. The molecule has 6 nitrogen and oxygen atoms in total. The summed E-state index contributed by atoms with van der Waals surface area (Å²) in [5.41, 5.74) is 6.08. The Labute approximate surface area is 175 Å². The lowest BCUT2D eigenvalue weighted by Gasteiger charge is -2.36. The molecule has 3 heterocycles. The zero-order valence-electron chi connectivity index (χ0n) is 16.8. The monoisotopic (exact) mass is 394 g/mol. The third-order valence-electron chi connectivity index (χ3n) is 5.62. The summed E-state index contributed by atoms with van der Waals surface area (Å²) in [5, 5.41) is 8.96. The van der Waals surface area contributed by atoms with E-state index in [4.69, 9.17) is 10.2 Å². The number of pyridine rings is 1. The molecular formula is C24H22N6.